The Labute approximate surface area is 155 Å². The van der Waals surface area contributed by atoms with Gasteiger partial charge in [-0.05, 0) is 49.1 Å². The molecular weight excluding hydrogens is 356 g/mol. The van der Waals surface area contributed by atoms with Gasteiger partial charge in [-0.2, -0.15) is 4.98 Å². The first kappa shape index (κ1) is 16.8. The van der Waals surface area contributed by atoms with E-state index in [0.717, 1.165) is 34.6 Å². The van der Waals surface area contributed by atoms with E-state index in [1.54, 1.807) is 17.6 Å². The first-order valence-corrected chi connectivity index (χ1v) is 9.81. The van der Waals surface area contributed by atoms with Gasteiger partial charge in [0.05, 0.1) is 23.0 Å². The predicted molar refractivity (Wildman–Crippen MR) is 102 cm³/mol. The van der Waals surface area contributed by atoms with Crippen LogP contribution in [0.2, 0.25) is 5.28 Å². The molecule has 3 aromatic heterocycles. The third-order valence-electron chi connectivity index (χ3n) is 4.94. The van der Waals surface area contributed by atoms with E-state index in [9.17, 15) is 0 Å². The molecule has 1 saturated carbocycles. The summed E-state index contributed by atoms with van der Waals surface area (Å²) in [6, 6.07) is 4.03. The van der Waals surface area contributed by atoms with E-state index in [1.807, 2.05) is 12.1 Å². The molecule has 4 rings (SSSR count). The van der Waals surface area contributed by atoms with Gasteiger partial charge in [-0.15, -0.1) is 11.3 Å². The van der Waals surface area contributed by atoms with Crippen LogP contribution in [-0.4, -0.2) is 16.0 Å². The van der Waals surface area contributed by atoms with Crippen LogP contribution >= 0.6 is 22.9 Å². The van der Waals surface area contributed by atoms with Crippen molar-refractivity contribution in [2.24, 2.45) is 5.73 Å². The highest BCUT2D eigenvalue weighted by atomic mass is 35.5. The fourth-order valence-corrected chi connectivity index (χ4v) is 5.21. The molecule has 0 amide bonds. The zero-order chi connectivity index (χ0) is 17.4. The Balaban J connectivity index is 1.72. The Morgan fingerprint density at radius 1 is 1.36 bits per heavy atom. The lowest BCUT2D eigenvalue weighted by Crippen LogP contribution is -2.31. The van der Waals surface area contributed by atoms with Gasteiger partial charge >= 0.3 is 0 Å². The third kappa shape index (κ3) is 3.26. The van der Waals surface area contributed by atoms with Gasteiger partial charge in [-0.25, -0.2) is 4.98 Å². The van der Waals surface area contributed by atoms with Gasteiger partial charge < -0.3 is 15.5 Å². The molecule has 0 bridgehead atoms. The van der Waals surface area contributed by atoms with Crippen molar-refractivity contribution in [3.8, 4) is 0 Å². The summed E-state index contributed by atoms with van der Waals surface area (Å²) in [4.78, 5) is 10.2. The second-order valence-electron chi connectivity index (χ2n) is 6.60. The number of aryl methyl sites for hydroxylation is 1. The number of hydrogen-bond donors (Lipinski definition) is 2. The highest BCUT2D eigenvalue weighted by molar-refractivity contribution is 7.20. The van der Waals surface area contributed by atoms with Crippen LogP contribution in [0.5, 0.6) is 0 Å². The highest BCUT2D eigenvalue weighted by Gasteiger charge is 2.28. The molecule has 132 valence electrons. The lowest BCUT2D eigenvalue weighted by molar-refractivity contribution is 0.389. The number of aromatic nitrogens is 2. The first-order valence-electron chi connectivity index (χ1n) is 8.62. The number of hydrogen-bond acceptors (Lipinski definition) is 6. The molecule has 25 heavy (non-hydrogen) atoms. The van der Waals surface area contributed by atoms with Gasteiger partial charge in [0.15, 0.2) is 0 Å². The molecule has 5 nitrogen and oxygen atoms in total. The van der Waals surface area contributed by atoms with Crippen LogP contribution in [0.4, 0.5) is 5.82 Å². The molecule has 1 fully saturated rings. The minimum absolute atomic E-state index is 0.225. The summed E-state index contributed by atoms with van der Waals surface area (Å²) >= 11 is 7.92. The van der Waals surface area contributed by atoms with E-state index < -0.39 is 0 Å². The van der Waals surface area contributed by atoms with Crippen LogP contribution in [0.1, 0.15) is 47.8 Å². The van der Waals surface area contributed by atoms with Crippen molar-refractivity contribution < 1.29 is 4.42 Å². The summed E-state index contributed by atoms with van der Waals surface area (Å²) in [6.07, 6.45) is 6.36. The molecule has 1 aliphatic carbocycles. The zero-order valence-electron chi connectivity index (χ0n) is 14.1. The number of halogens is 1. The van der Waals surface area contributed by atoms with Crippen LogP contribution in [0.25, 0.3) is 10.2 Å². The Hall–Kier alpha value is -1.63. The summed E-state index contributed by atoms with van der Waals surface area (Å²) < 4.78 is 6.43. The summed E-state index contributed by atoms with van der Waals surface area (Å²) in [6.45, 7) is 2.68. The van der Waals surface area contributed by atoms with Gasteiger partial charge in [-0.1, -0.05) is 12.8 Å². The summed E-state index contributed by atoms with van der Waals surface area (Å²) in [5.74, 6) is 2.02. The number of furan rings is 1. The second kappa shape index (κ2) is 6.94. The maximum atomic E-state index is 6.41. The molecule has 3 aromatic rings. The molecule has 3 N–H and O–H groups in total. The van der Waals surface area contributed by atoms with Crippen LogP contribution in [-0.2, 0) is 6.54 Å². The molecule has 3 heterocycles. The normalized spacial score (nSPS) is 20.9. The van der Waals surface area contributed by atoms with E-state index >= 15 is 0 Å². The number of nitrogens with zero attached hydrogens (tertiary/aromatic N) is 2. The van der Waals surface area contributed by atoms with E-state index in [1.165, 1.54) is 23.3 Å². The van der Waals surface area contributed by atoms with Crippen LogP contribution in [0.3, 0.4) is 0 Å². The van der Waals surface area contributed by atoms with Crippen molar-refractivity contribution in [2.75, 3.05) is 5.32 Å². The van der Waals surface area contributed by atoms with E-state index in [2.05, 4.69) is 22.2 Å². The average molecular weight is 377 g/mol. The summed E-state index contributed by atoms with van der Waals surface area (Å²) in [5.41, 5.74) is 8.53. The quantitative estimate of drug-likeness (QED) is 0.637. The maximum Gasteiger partial charge on any atom is 0.224 e. The van der Waals surface area contributed by atoms with Gasteiger partial charge in [0, 0.05) is 16.8 Å². The minimum atomic E-state index is 0.225. The number of rotatable bonds is 4. The van der Waals surface area contributed by atoms with E-state index in [0.29, 0.717) is 12.5 Å². The Morgan fingerprint density at radius 3 is 2.96 bits per heavy atom. The Morgan fingerprint density at radius 2 is 2.20 bits per heavy atom. The smallest absolute Gasteiger partial charge is 0.224 e. The number of anilines is 1. The SMILES string of the molecule is Cc1c([C@H]2CCCC[C@@H]2N)sc2c(NCc3ccco3)nc(Cl)nc12. The monoisotopic (exact) mass is 376 g/mol. The van der Waals surface area contributed by atoms with Gasteiger partial charge in [0.1, 0.15) is 11.6 Å². The first-order chi connectivity index (χ1) is 12.1. The fourth-order valence-electron chi connectivity index (χ4n) is 3.62. The molecule has 0 radical (unpaired) electrons. The molecule has 2 atom stereocenters. The van der Waals surface area contributed by atoms with Gasteiger partial charge in [0.2, 0.25) is 5.28 Å². The largest absolute Gasteiger partial charge is 0.467 e. The number of nitrogens with two attached hydrogens (primary N) is 1. The number of nitrogens with one attached hydrogen (secondary N) is 1. The van der Waals surface area contributed by atoms with Crippen LogP contribution in [0.15, 0.2) is 22.8 Å². The molecule has 0 unspecified atom stereocenters. The van der Waals surface area contributed by atoms with Crippen molar-refractivity contribution in [1.82, 2.24) is 9.97 Å². The van der Waals surface area contributed by atoms with Gasteiger partial charge in [-0.3, -0.25) is 0 Å². The summed E-state index contributed by atoms with van der Waals surface area (Å²) in [7, 11) is 0. The maximum absolute atomic E-state index is 6.41. The molecule has 0 saturated heterocycles. The van der Waals surface area contributed by atoms with Crippen molar-refractivity contribution in [3.05, 3.63) is 39.9 Å². The number of fused-ring (bicyclic) bond motifs is 1. The summed E-state index contributed by atoms with van der Waals surface area (Å²) in [5, 5.41) is 3.59. The predicted octanol–water partition coefficient (Wildman–Crippen LogP) is 4.84. The zero-order valence-corrected chi connectivity index (χ0v) is 15.7. The van der Waals surface area contributed by atoms with Crippen molar-refractivity contribution in [2.45, 2.75) is 51.1 Å². The lowest BCUT2D eigenvalue weighted by Gasteiger charge is -2.28. The van der Waals surface area contributed by atoms with Crippen LogP contribution < -0.4 is 11.1 Å². The standard InChI is InChI=1S/C18H21ClN4OS/c1-10-14-16(25-15(10)12-6-2-3-7-13(12)20)17(23-18(19)22-14)21-9-11-5-4-8-24-11/h4-5,8,12-13H,2-3,6-7,9,20H2,1H3,(H,21,22,23)/t12-,13-/m0/s1. The molecular formula is C18H21ClN4OS. The van der Waals surface area contributed by atoms with Gasteiger partial charge in [0.25, 0.3) is 0 Å². The highest BCUT2D eigenvalue weighted by Crippen LogP contribution is 2.43. The molecule has 0 aromatic carbocycles. The third-order valence-corrected chi connectivity index (χ3v) is 6.53. The lowest BCUT2D eigenvalue weighted by atomic mass is 9.83. The van der Waals surface area contributed by atoms with E-state index in [4.69, 9.17) is 21.8 Å². The fraction of sp³-hybridized carbons (Fsp3) is 0.444. The van der Waals surface area contributed by atoms with Crippen molar-refractivity contribution in [3.63, 3.8) is 0 Å². The Bertz CT molecular complexity index is 877. The van der Waals surface area contributed by atoms with Crippen LogP contribution in [0, 0.1) is 6.92 Å². The topological polar surface area (TPSA) is 77.0 Å². The molecule has 1 aliphatic rings. The molecule has 0 spiro atoms. The van der Waals surface area contributed by atoms with Crippen molar-refractivity contribution >= 4 is 39.0 Å². The van der Waals surface area contributed by atoms with Crippen molar-refractivity contribution in [1.29, 1.82) is 0 Å². The molecule has 0 aliphatic heterocycles. The van der Waals surface area contributed by atoms with E-state index in [-0.39, 0.29) is 11.3 Å². The minimum Gasteiger partial charge on any atom is -0.467 e. The Kier molecular flexibility index (Phi) is 4.67. The number of thiophene rings is 1. The second-order valence-corrected chi connectivity index (χ2v) is 7.99. The molecule has 7 heteroatoms. The average Bonchev–Trinajstić information content (AvgIpc) is 3.22.